The molecule has 0 aliphatic rings. The third kappa shape index (κ3) is 3.80. The van der Waals surface area contributed by atoms with E-state index in [1.165, 1.54) is 11.3 Å². The summed E-state index contributed by atoms with van der Waals surface area (Å²) in [6.45, 7) is 2.55. The molecule has 116 valence electrons. The number of halogens is 3. The number of ether oxygens (including phenoxy) is 1. The van der Waals surface area contributed by atoms with Crippen LogP contribution in [0.15, 0.2) is 0 Å². The lowest BCUT2D eigenvalue weighted by Gasteiger charge is -2.08. The van der Waals surface area contributed by atoms with Gasteiger partial charge < -0.3 is 10.2 Å². The molecule has 3 N–H and O–H groups in total. The number of aromatic nitrogens is 2. The van der Waals surface area contributed by atoms with Gasteiger partial charge in [0.05, 0.1) is 12.0 Å². The summed E-state index contributed by atoms with van der Waals surface area (Å²) in [4.78, 5) is 10.4. The molecular formula is C12H15F3N4OS. The minimum absolute atomic E-state index is 0.0988. The van der Waals surface area contributed by atoms with Gasteiger partial charge in [0.15, 0.2) is 5.82 Å². The molecular weight excluding hydrogens is 305 g/mol. The number of nitrogens with two attached hydrogens (primary N) is 1. The quantitative estimate of drug-likeness (QED) is 0.503. The highest BCUT2D eigenvalue weighted by atomic mass is 32.1. The fourth-order valence-corrected chi connectivity index (χ4v) is 2.91. The minimum Gasteiger partial charge on any atom is -0.372 e. The van der Waals surface area contributed by atoms with Crippen LogP contribution >= 0.6 is 11.3 Å². The molecule has 21 heavy (non-hydrogen) atoms. The Bertz CT molecular complexity index is 641. The van der Waals surface area contributed by atoms with Crippen molar-refractivity contribution in [1.29, 1.82) is 0 Å². The Morgan fingerprint density at radius 2 is 2.00 bits per heavy atom. The number of nitrogen functional groups attached to an aromatic ring is 1. The first kappa shape index (κ1) is 15.9. The van der Waals surface area contributed by atoms with Crippen LogP contribution in [0.1, 0.15) is 16.3 Å². The predicted molar refractivity (Wildman–Crippen MR) is 75.3 cm³/mol. The molecule has 0 saturated heterocycles. The lowest BCUT2D eigenvalue weighted by molar-refractivity contribution is -0.173. The zero-order chi connectivity index (χ0) is 15.6. The van der Waals surface area contributed by atoms with Crippen LogP contribution in [-0.2, 0) is 11.2 Å². The van der Waals surface area contributed by atoms with E-state index in [0.29, 0.717) is 11.6 Å². The Balaban J connectivity index is 2.14. The van der Waals surface area contributed by atoms with Crippen LogP contribution in [-0.4, -0.2) is 29.4 Å². The molecule has 0 unspecified atom stereocenters. The molecule has 0 aliphatic heterocycles. The van der Waals surface area contributed by atoms with Crippen molar-refractivity contribution in [2.45, 2.75) is 26.4 Å². The second kappa shape index (κ2) is 6.12. The number of fused-ring (bicyclic) bond motifs is 1. The molecule has 2 aromatic rings. The maximum Gasteiger partial charge on any atom is 0.411 e. The molecule has 0 aromatic carbocycles. The number of hydrogen-bond acceptors (Lipinski definition) is 6. The van der Waals surface area contributed by atoms with Gasteiger partial charge in [0.2, 0.25) is 0 Å². The average Bonchev–Trinajstić information content (AvgIpc) is 2.68. The summed E-state index contributed by atoms with van der Waals surface area (Å²) in [5.41, 5.74) is 3.56. The second-order valence-corrected chi connectivity index (χ2v) is 5.72. The van der Waals surface area contributed by atoms with Gasteiger partial charge >= 0.3 is 6.18 Å². The molecule has 0 bridgehead atoms. The van der Waals surface area contributed by atoms with Crippen LogP contribution in [0.5, 0.6) is 0 Å². The Kier molecular flexibility index (Phi) is 4.64. The SMILES string of the molecule is Cc1sc2nc(CCOCC(F)(F)F)nc(NN)c2c1C. The number of hydrazine groups is 1. The van der Waals surface area contributed by atoms with Gasteiger partial charge in [0.25, 0.3) is 0 Å². The van der Waals surface area contributed by atoms with Crippen molar-refractivity contribution < 1.29 is 17.9 Å². The Labute approximate surface area is 123 Å². The molecule has 2 heterocycles. The van der Waals surface area contributed by atoms with Gasteiger partial charge in [-0.3, -0.25) is 0 Å². The molecule has 0 fully saturated rings. The van der Waals surface area contributed by atoms with Crippen molar-refractivity contribution in [2.24, 2.45) is 5.84 Å². The van der Waals surface area contributed by atoms with Gasteiger partial charge in [-0.15, -0.1) is 11.3 Å². The van der Waals surface area contributed by atoms with Gasteiger partial charge in [-0.2, -0.15) is 13.2 Å². The summed E-state index contributed by atoms with van der Waals surface area (Å²) >= 11 is 1.50. The van der Waals surface area contributed by atoms with Crippen LogP contribution < -0.4 is 11.3 Å². The molecule has 5 nitrogen and oxygen atoms in total. The molecule has 0 atom stereocenters. The molecule has 0 aliphatic carbocycles. The number of alkyl halides is 3. The summed E-state index contributed by atoms with van der Waals surface area (Å²) < 4.78 is 40.5. The van der Waals surface area contributed by atoms with Crippen LogP contribution in [0, 0.1) is 13.8 Å². The van der Waals surface area contributed by atoms with E-state index in [1.807, 2.05) is 13.8 Å². The summed E-state index contributed by atoms with van der Waals surface area (Å²) in [6.07, 6.45) is -4.13. The highest BCUT2D eigenvalue weighted by Gasteiger charge is 2.27. The summed E-state index contributed by atoms with van der Waals surface area (Å²) in [7, 11) is 0. The van der Waals surface area contributed by atoms with E-state index in [0.717, 1.165) is 20.7 Å². The van der Waals surface area contributed by atoms with Gasteiger partial charge in [-0.25, -0.2) is 15.8 Å². The second-order valence-electron chi connectivity index (χ2n) is 4.51. The lowest BCUT2D eigenvalue weighted by Crippen LogP contribution is -2.18. The number of anilines is 1. The maximum absolute atomic E-state index is 12.0. The van der Waals surface area contributed by atoms with E-state index >= 15 is 0 Å². The highest BCUT2D eigenvalue weighted by Crippen LogP contribution is 2.32. The summed E-state index contributed by atoms with van der Waals surface area (Å²) in [5.74, 6) is 6.34. The number of rotatable bonds is 5. The Morgan fingerprint density at radius 1 is 1.29 bits per heavy atom. The van der Waals surface area contributed by atoms with Crippen molar-refractivity contribution in [3.05, 3.63) is 16.3 Å². The van der Waals surface area contributed by atoms with Crippen LogP contribution in [0.2, 0.25) is 0 Å². The highest BCUT2D eigenvalue weighted by molar-refractivity contribution is 7.18. The first-order chi connectivity index (χ1) is 9.81. The minimum atomic E-state index is -4.32. The van der Waals surface area contributed by atoms with Gasteiger partial charge in [-0.1, -0.05) is 0 Å². The van der Waals surface area contributed by atoms with Crippen molar-refractivity contribution in [3.8, 4) is 0 Å². The van der Waals surface area contributed by atoms with E-state index in [1.54, 1.807) is 0 Å². The topological polar surface area (TPSA) is 73.1 Å². The largest absolute Gasteiger partial charge is 0.411 e. The molecule has 9 heteroatoms. The Morgan fingerprint density at radius 3 is 2.62 bits per heavy atom. The normalized spacial score (nSPS) is 12.1. The van der Waals surface area contributed by atoms with Gasteiger partial charge in [0, 0.05) is 11.3 Å². The third-order valence-corrected chi connectivity index (χ3v) is 4.05. The fourth-order valence-electron chi connectivity index (χ4n) is 1.86. The smallest absolute Gasteiger partial charge is 0.372 e. The lowest BCUT2D eigenvalue weighted by atomic mass is 10.2. The number of hydrogen-bond donors (Lipinski definition) is 2. The van der Waals surface area contributed by atoms with E-state index < -0.39 is 12.8 Å². The predicted octanol–water partition coefficient (Wildman–Crippen LogP) is 2.72. The zero-order valence-corrected chi connectivity index (χ0v) is 12.4. The number of thiophene rings is 1. The number of aryl methyl sites for hydroxylation is 2. The first-order valence-corrected chi connectivity index (χ1v) is 7.01. The summed E-state index contributed by atoms with van der Waals surface area (Å²) in [5, 5.41) is 0.847. The molecule has 2 rings (SSSR count). The van der Waals surface area contributed by atoms with E-state index in [2.05, 4.69) is 20.1 Å². The van der Waals surface area contributed by atoms with Crippen LogP contribution in [0.4, 0.5) is 19.0 Å². The molecule has 0 radical (unpaired) electrons. The van der Waals surface area contributed by atoms with E-state index in [9.17, 15) is 13.2 Å². The monoisotopic (exact) mass is 320 g/mol. The van der Waals surface area contributed by atoms with Gasteiger partial charge in [0.1, 0.15) is 17.3 Å². The third-order valence-electron chi connectivity index (χ3n) is 2.95. The number of nitrogens with zero attached hydrogens (tertiary/aromatic N) is 2. The Hall–Kier alpha value is -1.45. The van der Waals surface area contributed by atoms with Crippen LogP contribution in [0.3, 0.4) is 0 Å². The molecule has 0 saturated carbocycles. The van der Waals surface area contributed by atoms with Crippen LogP contribution in [0.25, 0.3) is 10.2 Å². The summed E-state index contributed by atoms with van der Waals surface area (Å²) in [6, 6.07) is 0. The fraction of sp³-hybridized carbons (Fsp3) is 0.500. The average molecular weight is 320 g/mol. The van der Waals surface area contributed by atoms with E-state index in [4.69, 9.17) is 5.84 Å². The molecule has 0 amide bonds. The first-order valence-electron chi connectivity index (χ1n) is 6.19. The van der Waals surface area contributed by atoms with Crippen molar-refractivity contribution in [2.75, 3.05) is 18.6 Å². The van der Waals surface area contributed by atoms with Crippen molar-refractivity contribution in [1.82, 2.24) is 9.97 Å². The molecule has 2 aromatic heterocycles. The standard InChI is InChI=1S/C12H15F3N4OS/c1-6-7(2)21-11-9(6)10(19-16)17-8(18-11)3-4-20-5-12(13,14)15/h3-5,16H2,1-2H3,(H,17,18,19). The van der Waals surface area contributed by atoms with Gasteiger partial charge in [-0.05, 0) is 19.4 Å². The zero-order valence-electron chi connectivity index (χ0n) is 11.5. The van der Waals surface area contributed by atoms with Crippen molar-refractivity contribution >= 4 is 27.4 Å². The maximum atomic E-state index is 12.0. The van der Waals surface area contributed by atoms with Crippen molar-refractivity contribution in [3.63, 3.8) is 0 Å². The molecule has 0 spiro atoms. The number of nitrogens with one attached hydrogen (secondary N) is 1. The van der Waals surface area contributed by atoms with E-state index in [-0.39, 0.29) is 13.0 Å².